The highest BCUT2D eigenvalue weighted by atomic mass is 16.5. The van der Waals surface area contributed by atoms with Crippen LogP contribution in [0.25, 0.3) is 0 Å². The van der Waals surface area contributed by atoms with Gasteiger partial charge in [0.25, 0.3) is 0 Å². The van der Waals surface area contributed by atoms with Crippen LogP contribution in [0.4, 0.5) is 0 Å². The second-order valence-corrected chi connectivity index (χ2v) is 4.40. The van der Waals surface area contributed by atoms with Crippen LogP contribution < -0.4 is 4.74 Å². The maximum absolute atomic E-state index is 5.41. The zero-order valence-corrected chi connectivity index (χ0v) is 9.45. The number of hydrogen-bond donors (Lipinski definition) is 0. The number of hydrogen-bond acceptors (Lipinski definition) is 2. The lowest BCUT2D eigenvalue weighted by Crippen LogP contribution is -2.30. The third kappa shape index (κ3) is 2.15. The van der Waals surface area contributed by atoms with Gasteiger partial charge in [-0.3, -0.25) is 0 Å². The summed E-state index contributed by atoms with van der Waals surface area (Å²) in [5, 5.41) is 0. The number of methoxy groups -OCH3 is 1. The van der Waals surface area contributed by atoms with Gasteiger partial charge in [-0.25, -0.2) is 0 Å². The van der Waals surface area contributed by atoms with Crippen LogP contribution in [0.15, 0.2) is 24.3 Å². The molecule has 0 unspecified atom stereocenters. The number of rotatable bonds is 2. The molecule has 0 radical (unpaired) electrons. The lowest BCUT2D eigenvalue weighted by atomic mass is 9.76. The third-order valence-corrected chi connectivity index (χ3v) is 3.38. The molecule has 1 aliphatic heterocycles. The topological polar surface area (TPSA) is 18.5 Å². The van der Waals surface area contributed by atoms with E-state index in [0.717, 1.165) is 31.8 Å². The molecule has 0 saturated carbocycles. The molecule has 0 aliphatic carbocycles. The Morgan fingerprint density at radius 2 is 1.73 bits per heavy atom. The van der Waals surface area contributed by atoms with Crippen LogP contribution in [0.5, 0.6) is 5.75 Å². The Hall–Kier alpha value is -1.02. The summed E-state index contributed by atoms with van der Waals surface area (Å²) in [6, 6.07) is 8.42. The van der Waals surface area contributed by atoms with Gasteiger partial charge in [-0.05, 0) is 36.0 Å². The van der Waals surface area contributed by atoms with Crippen molar-refractivity contribution in [2.75, 3.05) is 20.3 Å². The van der Waals surface area contributed by atoms with Crippen LogP contribution in [0, 0.1) is 0 Å². The van der Waals surface area contributed by atoms with Crippen molar-refractivity contribution in [3.8, 4) is 5.75 Å². The predicted octanol–water partition coefficient (Wildman–Crippen LogP) is 2.76. The fourth-order valence-electron chi connectivity index (χ4n) is 2.10. The van der Waals surface area contributed by atoms with E-state index in [0.29, 0.717) is 0 Å². The molecule has 1 aromatic carbocycles. The molecule has 0 bridgehead atoms. The van der Waals surface area contributed by atoms with Crippen molar-refractivity contribution in [2.45, 2.75) is 25.2 Å². The van der Waals surface area contributed by atoms with E-state index in [1.165, 1.54) is 5.56 Å². The summed E-state index contributed by atoms with van der Waals surface area (Å²) in [6.07, 6.45) is 2.22. The van der Waals surface area contributed by atoms with Crippen molar-refractivity contribution in [3.63, 3.8) is 0 Å². The van der Waals surface area contributed by atoms with Crippen LogP contribution >= 0.6 is 0 Å². The SMILES string of the molecule is COc1ccc(C2(C)CCOCC2)cc1. The second kappa shape index (κ2) is 4.23. The first-order chi connectivity index (χ1) is 7.24. The highest BCUT2D eigenvalue weighted by Gasteiger charge is 2.28. The molecule has 1 aromatic rings. The lowest BCUT2D eigenvalue weighted by molar-refractivity contribution is 0.0564. The summed E-state index contributed by atoms with van der Waals surface area (Å²) in [5.41, 5.74) is 1.68. The maximum atomic E-state index is 5.41. The fourth-order valence-corrected chi connectivity index (χ4v) is 2.10. The molecule has 0 amide bonds. The fraction of sp³-hybridized carbons (Fsp3) is 0.538. The Kier molecular flexibility index (Phi) is 2.96. The average Bonchev–Trinajstić information content (AvgIpc) is 2.30. The molecular formula is C13H18O2. The predicted molar refractivity (Wildman–Crippen MR) is 60.4 cm³/mol. The second-order valence-electron chi connectivity index (χ2n) is 4.40. The smallest absolute Gasteiger partial charge is 0.118 e. The molecule has 0 atom stereocenters. The van der Waals surface area contributed by atoms with Crippen LogP contribution in [-0.2, 0) is 10.2 Å². The quantitative estimate of drug-likeness (QED) is 0.740. The summed E-state index contributed by atoms with van der Waals surface area (Å²) in [7, 11) is 1.70. The van der Waals surface area contributed by atoms with Gasteiger partial charge in [-0.2, -0.15) is 0 Å². The molecule has 1 aliphatic rings. The van der Waals surface area contributed by atoms with Gasteiger partial charge < -0.3 is 9.47 Å². The van der Waals surface area contributed by atoms with Gasteiger partial charge in [0.2, 0.25) is 0 Å². The first-order valence-corrected chi connectivity index (χ1v) is 5.47. The molecule has 0 N–H and O–H groups in total. The molecule has 1 fully saturated rings. The summed E-state index contributed by atoms with van der Waals surface area (Å²) < 4.78 is 10.6. The Morgan fingerprint density at radius 3 is 2.27 bits per heavy atom. The van der Waals surface area contributed by atoms with Gasteiger partial charge in [0, 0.05) is 13.2 Å². The lowest BCUT2D eigenvalue weighted by Gasteiger charge is -2.34. The molecule has 82 valence electrons. The summed E-state index contributed by atoms with van der Waals surface area (Å²) in [6.45, 7) is 4.07. The highest BCUT2D eigenvalue weighted by Crippen LogP contribution is 2.34. The normalized spacial score (nSPS) is 19.9. The minimum Gasteiger partial charge on any atom is -0.497 e. The molecular weight excluding hydrogens is 188 g/mol. The Morgan fingerprint density at radius 1 is 1.13 bits per heavy atom. The van der Waals surface area contributed by atoms with Crippen molar-refractivity contribution in [1.29, 1.82) is 0 Å². The van der Waals surface area contributed by atoms with Crippen LogP contribution in [0.1, 0.15) is 25.3 Å². The summed E-state index contributed by atoms with van der Waals surface area (Å²) in [5.74, 6) is 0.925. The van der Waals surface area contributed by atoms with E-state index < -0.39 is 0 Å². The van der Waals surface area contributed by atoms with Gasteiger partial charge in [-0.1, -0.05) is 19.1 Å². The van der Waals surface area contributed by atoms with Crippen LogP contribution in [0.3, 0.4) is 0 Å². The zero-order valence-electron chi connectivity index (χ0n) is 9.45. The first-order valence-electron chi connectivity index (χ1n) is 5.47. The van der Waals surface area contributed by atoms with E-state index in [-0.39, 0.29) is 5.41 Å². The molecule has 1 heterocycles. The molecule has 2 heteroatoms. The van der Waals surface area contributed by atoms with Crippen LogP contribution in [-0.4, -0.2) is 20.3 Å². The summed E-state index contributed by atoms with van der Waals surface area (Å²) >= 11 is 0. The van der Waals surface area contributed by atoms with Gasteiger partial charge >= 0.3 is 0 Å². The standard InChI is InChI=1S/C13H18O2/c1-13(7-9-15-10-8-13)11-3-5-12(14-2)6-4-11/h3-6H,7-10H2,1-2H3. The highest BCUT2D eigenvalue weighted by molar-refractivity contribution is 5.32. The monoisotopic (exact) mass is 206 g/mol. The van der Waals surface area contributed by atoms with Crippen molar-refractivity contribution < 1.29 is 9.47 Å². The Bertz CT molecular complexity index is 310. The Labute approximate surface area is 91.2 Å². The molecule has 0 spiro atoms. The molecule has 15 heavy (non-hydrogen) atoms. The maximum Gasteiger partial charge on any atom is 0.118 e. The van der Waals surface area contributed by atoms with Crippen molar-refractivity contribution in [1.82, 2.24) is 0 Å². The largest absolute Gasteiger partial charge is 0.497 e. The van der Waals surface area contributed by atoms with E-state index in [9.17, 15) is 0 Å². The molecule has 1 saturated heterocycles. The molecule has 0 aromatic heterocycles. The van der Waals surface area contributed by atoms with E-state index >= 15 is 0 Å². The van der Waals surface area contributed by atoms with E-state index in [2.05, 4.69) is 19.1 Å². The van der Waals surface area contributed by atoms with Gasteiger partial charge in [0.1, 0.15) is 5.75 Å². The van der Waals surface area contributed by atoms with Gasteiger partial charge in [0.05, 0.1) is 7.11 Å². The first kappa shape index (κ1) is 10.5. The van der Waals surface area contributed by atoms with Crippen molar-refractivity contribution in [3.05, 3.63) is 29.8 Å². The Balaban J connectivity index is 2.20. The minimum absolute atomic E-state index is 0.282. The van der Waals surface area contributed by atoms with Crippen molar-refractivity contribution >= 4 is 0 Å². The van der Waals surface area contributed by atoms with Gasteiger partial charge in [0.15, 0.2) is 0 Å². The average molecular weight is 206 g/mol. The molecule has 2 nitrogen and oxygen atoms in total. The number of ether oxygens (including phenoxy) is 2. The van der Waals surface area contributed by atoms with E-state index in [1.807, 2.05) is 12.1 Å². The zero-order chi connectivity index (χ0) is 10.7. The van der Waals surface area contributed by atoms with Gasteiger partial charge in [-0.15, -0.1) is 0 Å². The van der Waals surface area contributed by atoms with E-state index in [1.54, 1.807) is 7.11 Å². The third-order valence-electron chi connectivity index (χ3n) is 3.38. The minimum atomic E-state index is 0.282. The summed E-state index contributed by atoms with van der Waals surface area (Å²) in [4.78, 5) is 0. The molecule has 2 rings (SSSR count). The van der Waals surface area contributed by atoms with E-state index in [4.69, 9.17) is 9.47 Å². The van der Waals surface area contributed by atoms with Crippen LogP contribution in [0.2, 0.25) is 0 Å². The van der Waals surface area contributed by atoms with Crippen molar-refractivity contribution in [2.24, 2.45) is 0 Å². The number of benzene rings is 1.